The molecule has 0 aromatic rings. The van der Waals surface area contributed by atoms with Crippen LogP contribution in [0.4, 0.5) is 0 Å². The van der Waals surface area contributed by atoms with Crippen LogP contribution in [-0.4, -0.2) is 158 Å². The number of ketones is 1. The van der Waals surface area contributed by atoms with Gasteiger partial charge < -0.3 is 70.8 Å². The normalized spacial score (nSPS) is 24.9. The molecular formula is C29H54N2O15. The van der Waals surface area contributed by atoms with Gasteiger partial charge in [-0.1, -0.05) is 0 Å². The Morgan fingerprint density at radius 3 is 2.07 bits per heavy atom. The smallest absolute Gasteiger partial charge is 0.220 e. The molecule has 17 heteroatoms. The number of aliphatic hydroxyl groups is 9. The molecule has 0 spiro atoms. The largest absolute Gasteiger partial charge is 0.396 e. The molecule has 9 unspecified atom stereocenters. The predicted octanol–water partition coefficient (Wildman–Crippen LogP) is -3.70. The van der Waals surface area contributed by atoms with E-state index in [9.17, 15) is 55.2 Å². The van der Waals surface area contributed by atoms with E-state index in [1.807, 2.05) is 0 Å². The van der Waals surface area contributed by atoms with E-state index in [1.165, 1.54) is 6.92 Å². The van der Waals surface area contributed by atoms with E-state index >= 15 is 0 Å². The Kier molecular flexibility index (Phi) is 21.5. The molecule has 0 aliphatic carbocycles. The molecule has 46 heavy (non-hydrogen) atoms. The lowest BCUT2D eigenvalue weighted by Crippen LogP contribution is -2.59. The summed E-state index contributed by atoms with van der Waals surface area (Å²) in [6.45, 7) is 0.882. The Hall–Kier alpha value is -1.87. The molecule has 270 valence electrons. The number of rotatable bonds is 25. The Labute approximate surface area is 268 Å². The second-order valence-corrected chi connectivity index (χ2v) is 11.4. The topological polar surface area (TPSA) is 285 Å². The van der Waals surface area contributed by atoms with Crippen LogP contribution in [0.25, 0.3) is 0 Å². The molecule has 1 aliphatic rings. The summed E-state index contributed by atoms with van der Waals surface area (Å²) in [4.78, 5) is 36.4. The standard InChI is InChI=1S/C29H54N2O15/c1-17(34)18(31-22(37)10-4-7-15-45-29-27(42)25(40)24(39)20(16-33)46-29)8-2-5-12-30-21(36)9-3-6-14-44-28(43)26(41)23(38)19(35)11-13-32/h18-20,23-29,32-33,35,38-43H,2-16H2,1H3,(H,30,36)(H,31,37)/t18-,19?,20?,23?,24?,25?,26?,27?,28?,29?/m0/s1. The number of amides is 2. The summed E-state index contributed by atoms with van der Waals surface area (Å²) in [5.41, 5.74) is 0. The Morgan fingerprint density at radius 1 is 0.783 bits per heavy atom. The Bertz CT molecular complexity index is 866. The van der Waals surface area contributed by atoms with Gasteiger partial charge in [0.2, 0.25) is 11.8 Å². The average molecular weight is 671 g/mol. The molecule has 0 aromatic carbocycles. The predicted molar refractivity (Wildman–Crippen MR) is 159 cm³/mol. The minimum atomic E-state index is -1.76. The molecule has 17 nitrogen and oxygen atoms in total. The zero-order chi connectivity index (χ0) is 34.6. The van der Waals surface area contributed by atoms with Gasteiger partial charge in [0.25, 0.3) is 0 Å². The van der Waals surface area contributed by atoms with Crippen molar-refractivity contribution in [2.45, 2.75) is 132 Å². The van der Waals surface area contributed by atoms with E-state index < -0.39 is 74.6 Å². The number of ether oxygens (including phenoxy) is 3. The van der Waals surface area contributed by atoms with Crippen LogP contribution < -0.4 is 10.6 Å². The first-order chi connectivity index (χ1) is 21.8. The summed E-state index contributed by atoms with van der Waals surface area (Å²) in [5, 5.41) is 91.9. The van der Waals surface area contributed by atoms with Crippen LogP contribution in [0.5, 0.6) is 0 Å². The molecule has 0 aromatic heterocycles. The number of carbonyl (C=O) groups excluding carboxylic acids is 3. The van der Waals surface area contributed by atoms with Crippen molar-refractivity contribution < 1.29 is 74.6 Å². The highest BCUT2D eigenvalue weighted by Crippen LogP contribution is 2.22. The van der Waals surface area contributed by atoms with Crippen LogP contribution in [0.2, 0.25) is 0 Å². The van der Waals surface area contributed by atoms with Crippen LogP contribution in [0.15, 0.2) is 0 Å². The van der Waals surface area contributed by atoms with E-state index in [0.29, 0.717) is 51.5 Å². The van der Waals surface area contributed by atoms with E-state index in [4.69, 9.17) is 19.3 Å². The number of unbranched alkanes of at least 4 members (excludes halogenated alkanes) is 3. The van der Waals surface area contributed by atoms with Gasteiger partial charge in [0, 0.05) is 39.2 Å². The molecule has 2 amide bonds. The van der Waals surface area contributed by atoms with Crippen LogP contribution in [0, 0.1) is 0 Å². The molecule has 1 fully saturated rings. The summed E-state index contributed by atoms with van der Waals surface area (Å²) in [7, 11) is 0. The fraction of sp³-hybridized carbons (Fsp3) is 0.897. The van der Waals surface area contributed by atoms with E-state index in [0.717, 1.165) is 0 Å². The van der Waals surface area contributed by atoms with Crippen LogP contribution in [0.3, 0.4) is 0 Å². The van der Waals surface area contributed by atoms with Gasteiger partial charge in [-0.3, -0.25) is 14.4 Å². The Balaban J connectivity index is 2.16. The summed E-state index contributed by atoms with van der Waals surface area (Å²) >= 11 is 0. The monoisotopic (exact) mass is 670 g/mol. The second-order valence-electron chi connectivity index (χ2n) is 11.4. The van der Waals surface area contributed by atoms with Crippen molar-refractivity contribution in [3.63, 3.8) is 0 Å². The first-order valence-corrected chi connectivity index (χ1v) is 15.8. The molecule has 1 heterocycles. The number of aliphatic hydroxyl groups excluding tert-OH is 9. The highest BCUT2D eigenvalue weighted by molar-refractivity contribution is 5.87. The zero-order valence-electron chi connectivity index (χ0n) is 26.4. The highest BCUT2D eigenvalue weighted by Gasteiger charge is 2.43. The molecule has 1 saturated heterocycles. The molecule has 1 aliphatic heterocycles. The third-order valence-corrected chi connectivity index (χ3v) is 7.54. The maximum atomic E-state index is 12.3. The van der Waals surface area contributed by atoms with Crippen LogP contribution in [0.1, 0.15) is 71.1 Å². The fourth-order valence-electron chi connectivity index (χ4n) is 4.62. The quantitative estimate of drug-likeness (QED) is 0.0329. The van der Waals surface area contributed by atoms with Crippen molar-refractivity contribution in [3.8, 4) is 0 Å². The minimum absolute atomic E-state index is 0.00238. The number of hydrogen-bond acceptors (Lipinski definition) is 15. The van der Waals surface area contributed by atoms with Gasteiger partial charge in [-0.2, -0.15) is 0 Å². The van der Waals surface area contributed by atoms with E-state index in [2.05, 4.69) is 10.6 Å². The van der Waals surface area contributed by atoms with Crippen molar-refractivity contribution in [3.05, 3.63) is 0 Å². The van der Waals surface area contributed by atoms with Crippen LogP contribution in [-0.2, 0) is 28.6 Å². The number of Topliss-reactive ketones (excluding diaryl/α,β-unsaturated/α-hetero) is 1. The van der Waals surface area contributed by atoms with Crippen molar-refractivity contribution in [1.29, 1.82) is 0 Å². The molecule has 10 atom stereocenters. The summed E-state index contributed by atoms with van der Waals surface area (Å²) in [6, 6.07) is -0.665. The van der Waals surface area contributed by atoms with Gasteiger partial charge in [-0.25, -0.2) is 0 Å². The first kappa shape index (κ1) is 42.2. The van der Waals surface area contributed by atoms with Gasteiger partial charge >= 0.3 is 0 Å². The van der Waals surface area contributed by atoms with Gasteiger partial charge in [0.1, 0.15) is 36.6 Å². The fourth-order valence-corrected chi connectivity index (χ4v) is 4.62. The third-order valence-electron chi connectivity index (χ3n) is 7.54. The maximum Gasteiger partial charge on any atom is 0.220 e. The number of carbonyl (C=O) groups is 3. The van der Waals surface area contributed by atoms with Crippen molar-refractivity contribution >= 4 is 17.6 Å². The van der Waals surface area contributed by atoms with Gasteiger partial charge in [0.05, 0.1) is 18.8 Å². The summed E-state index contributed by atoms with van der Waals surface area (Å²) in [6.07, 6.45) is -10.1. The number of nitrogens with one attached hydrogen (secondary N) is 2. The van der Waals surface area contributed by atoms with Gasteiger partial charge in [0.15, 0.2) is 18.4 Å². The van der Waals surface area contributed by atoms with Gasteiger partial charge in [-0.15, -0.1) is 0 Å². The average Bonchev–Trinajstić information content (AvgIpc) is 3.02. The van der Waals surface area contributed by atoms with Crippen LogP contribution >= 0.6 is 0 Å². The molecule has 1 rings (SSSR count). The minimum Gasteiger partial charge on any atom is -0.396 e. The lowest BCUT2D eigenvalue weighted by Gasteiger charge is -2.39. The lowest BCUT2D eigenvalue weighted by atomic mass is 9.99. The highest BCUT2D eigenvalue weighted by atomic mass is 16.7. The SMILES string of the molecule is CC(=O)[C@H](CCCCNC(=O)CCCCOC(O)C(O)C(O)C(O)CCO)NC(=O)CCCCOC1OC(CO)C(O)C(O)C1O. The number of hydrogen-bond donors (Lipinski definition) is 11. The second kappa shape index (κ2) is 23.5. The summed E-state index contributed by atoms with van der Waals surface area (Å²) < 4.78 is 15.7. The summed E-state index contributed by atoms with van der Waals surface area (Å²) in [5.74, 6) is -0.711. The molecule has 0 saturated carbocycles. The molecule has 11 N–H and O–H groups in total. The molecule has 0 radical (unpaired) electrons. The van der Waals surface area contributed by atoms with Gasteiger partial charge in [-0.05, 0) is 58.3 Å². The first-order valence-electron chi connectivity index (χ1n) is 15.8. The van der Waals surface area contributed by atoms with E-state index in [-0.39, 0.29) is 50.1 Å². The van der Waals surface area contributed by atoms with Crippen molar-refractivity contribution in [1.82, 2.24) is 10.6 Å². The van der Waals surface area contributed by atoms with Crippen molar-refractivity contribution in [2.24, 2.45) is 0 Å². The molecule has 0 bridgehead atoms. The van der Waals surface area contributed by atoms with E-state index in [1.54, 1.807) is 0 Å². The molecular weight excluding hydrogens is 616 g/mol. The lowest BCUT2D eigenvalue weighted by molar-refractivity contribution is -0.301. The van der Waals surface area contributed by atoms with Crippen molar-refractivity contribution in [2.75, 3.05) is 33.0 Å². The maximum absolute atomic E-state index is 12.3. The Morgan fingerprint density at radius 2 is 1.43 bits per heavy atom. The third kappa shape index (κ3) is 15.8. The zero-order valence-corrected chi connectivity index (χ0v) is 26.4.